The van der Waals surface area contributed by atoms with Crippen LogP contribution in [0.15, 0.2) is 34.6 Å². The Kier molecular flexibility index (Phi) is 4.03. The molecule has 1 aromatic carbocycles. The van der Waals surface area contributed by atoms with Gasteiger partial charge in [-0.15, -0.1) is 11.3 Å². The molecule has 0 aliphatic heterocycles. The lowest BCUT2D eigenvalue weighted by Gasteiger charge is -2.08. The van der Waals surface area contributed by atoms with Crippen molar-refractivity contribution in [3.63, 3.8) is 0 Å². The van der Waals surface area contributed by atoms with E-state index in [1.54, 1.807) is 18.4 Å². The first kappa shape index (κ1) is 13.6. The molecule has 3 rings (SSSR count). The molecule has 0 fully saturated rings. The molecule has 0 N–H and O–H groups in total. The molecule has 1 atom stereocenters. The molecule has 3 nitrogen and oxygen atoms in total. The summed E-state index contributed by atoms with van der Waals surface area (Å²) >= 11 is 1.73. The zero-order valence-corrected chi connectivity index (χ0v) is 12.8. The number of methoxy groups -OCH3 is 1. The second-order valence-corrected chi connectivity index (χ2v) is 6.02. The molecule has 0 saturated carbocycles. The van der Waals surface area contributed by atoms with Gasteiger partial charge >= 0.3 is 0 Å². The molecule has 0 spiro atoms. The van der Waals surface area contributed by atoms with Crippen LogP contribution in [0.5, 0.6) is 0 Å². The summed E-state index contributed by atoms with van der Waals surface area (Å²) in [6.45, 7) is 3.73. The van der Waals surface area contributed by atoms with Gasteiger partial charge in [0, 0.05) is 24.7 Å². The average molecular weight is 288 g/mol. The van der Waals surface area contributed by atoms with Crippen molar-refractivity contribution in [2.45, 2.75) is 32.4 Å². The van der Waals surface area contributed by atoms with Crippen LogP contribution in [-0.2, 0) is 17.7 Å². The lowest BCUT2D eigenvalue weighted by atomic mass is 10.1. The minimum absolute atomic E-state index is 0.318. The van der Waals surface area contributed by atoms with Gasteiger partial charge in [-0.05, 0) is 30.9 Å². The number of aromatic nitrogens is 1. The monoisotopic (exact) mass is 288 g/mol. The normalized spacial score (nSPS) is 18.5. The lowest BCUT2D eigenvalue weighted by molar-refractivity contribution is 0.185. The molecule has 0 saturated heterocycles. The van der Waals surface area contributed by atoms with Gasteiger partial charge in [0.15, 0.2) is 4.80 Å². The van der Waals surface area contributed by atoms with Crippen molar-refractivity contribution in [2.24, 2.45) is 4.99 Å². The lowest BCUT2D eigenvalue weighted by Crippen LogP contribution is -2.20. The number of fused-ring (bicyclic) bond motifs is 1. The number of rotatable bonds is 4. The van der Waals surface area contributed by atoms with Crippen LogP contribution in [0.25, 0.3) is 0 Å². The minimum atomic E-state index is 0.318. The summed E-state index contributed by atoms with van der Waals surface area (Å²) in [6, 6.07) is 9.00. The molecule has 1 aromatic heterocycles. The summed E-state index contributed by atoms with van der Waals surface area (Å²) in [7, 11) is 1.74. The van der Waals surface area contributed by atoms with Gasteiger partial charge in [0.2, 0.25) is 0 Å². The minimum Gasteiger partial charge on any atom is -0.383 e. The molecule has 1 unspecified atom stereocenters. The van der Waals surface area contributed by atoms with Gasteiger partial charge in [-0.2, -0.15) is 0 Å². The fourth-order valence-corrected chi connectivity index (χ4v) is 3.73. The Labute approximate surface area is 123 Å². The van der Waals surface area contributed by atoms with Crippen molar-refractivity contribution in [3.05, 3.63) is 51.3 Å². The third kappa shape index (κ3) is 2.58. The zero-order valence-electron chi connectivity index (χ0n) is 12.0. The van der Waals surface area contributed by atoms with Crippen LogP contribution < -0.4 is 4.80 Å². The molecule has 4 heteroatoms. The van der Waals surface area contributed by atoms with E-state index in [2.05, 4.69) is 41.1 Å². The van der Waals surface area contributed by atoms with E-state index < -0.39 is 0 Å². The van der Waals surface area contributed by atoms with E-state index in [-0.39, 0.29) is 0 Å². The van der Waals surface area contributed by atoms with Crippen molar-refractivity contribution >= 4 is 11.3 Å². The first-order valence-electron chi connectivity index (χ1n) is 7.05. The van der Waals surface area contributed by atoms with Crippen molar-refractivity contribution in [1.29, 1.82) is 0 Å². The topological polar surface area (TPSA) is 26.5 Å². The van der Waals surface area contributed by atoms with Gasteiger partial charge < -0.3 is 9.30 Å². The Hall–Kier alpha value is -1.39. The molecule has 106 valence electrons. The standard InChI is InChI=1S/C16H20N2OS/c1-12-11-20-16(18(12)9-10-19-2)17-15-8-7-13-5-3-4-6-14(13)15/h3-6,11,15H,7-10H2,1-2H3. The number of thiazole rings is 1. The van der Waals surface area contributed by atoms with Gasteiger partial charge in [0.25, 0.3) is 0 Å². The molecular formula is C16H20N2OS. The Bertz CT molecular complexity index is 656. The van der Waals surface area contributed by atoms with Gasteiger partial charge in [0.05, 0.1) is 12.6 Å². The van der Waals surface area contributed by atoms with E-state index in [0.29, 0.717) is 6.04 Å². The quantitative estimate of drug-likeness (QED) is 0.849. The highest BCUT2D eigenvalue weighted by Crippen LogP contribution is 2.33. The number of hydrogen-bond donors (Lipinski definition) is 0. The molecule has 1 aliphatic carbocycles. The van der Waals surface area contributed by atoms with Crippen LogP contribution >= 0.6 is 11.3 Å². The van der Waals surface area contributed by atoms with Crippen LogP contribution in [0.2, 0.25) is 0 Å². The largest absolute Gasteiger partial charge is 0.383 e. The number of hydrogen-bond acceptors (Lipinski definition) is 3. The van der Waals surface area contributed by atoms with Crippen molar-refractivity contribution in [1.82, 2.24) is 4.57 Å². The highest BCUT2D eigenvalue weighted by molar-refractivity contribution is 7.07. The van der Waals surface area contributed by atoms with Crippen LogP contribution in [0.3, 0.4) is 0 Å². The molecule has 20 heavy (non-hydrogen) atoms. The zero-order chi connectivity index (χ0) is 13.9. The van der Waals surface area contributed by atoms with Crippen molar-refractivity contribution in [3.8, 4) is 0 Å². The average Bonchev–Trinajstić information content (AvgIpc) is 3.03. The Balaban J connectivity index is 1.94. The second-order valence-electron chi connectivity index (χ2n) is 5.19. The summed E-state index contributed by atoms with van der Waals surface area (Å²) in [5.41, 5.74) is 4.12. The predicted octanol–water partition coefficient (Wildman–Crippen LogP) is 3.09. The molecule has 2 aromatic rings. The molecule has 0 amide bonds. The summed E-state index contributed by atoms with van der Waals surface area (Å²) in [6.07, 6.45) is 2.27. The molecule has 0 radical (unpaired) electrons. The third-order valence-corrected chi connectivity index (χ3v) is 4.87. The molecular weight excluding hydrogens is 268 g/mol. The fourth-order valence-electron chi connectivity index (χ4n) is 2.77. The van der Waals surface area contributed by atoms with E-state index in [1.807, 2.05) is 0 Å². The maximum absolute atomic E-state index is 5.19. The summed E-state index contributed by atoms with van der Waals surface area (Å²) < 4.78 is 7.45. The van der Waals surface area contributed by atoms with Crippen LogP contribution in [-0.4, -0.2) is 18.3 Å². The van der Waals surface area contributed by atoms with E-state index in [9.17, 15) is 0 Å². The highest BCUT2D eigenvalue weighted by atomic mass is 32.1. The number of nitrogens with zero attached hydrogens (tertiary/aromatic N) is 2. The van der Waals surface area contributed by atoms with Crippen LogP contribution in [0.1, 0.15) is 29.3 Å². The second kappa shape index (κ2) is 5.94. The molecule has 1 heterocycles. The van der Waals surface area contributed by atoms with E-state index in [0.717, 1.165) is 30.8 Å². The summed E-state index contributed by atoms with van der Waals surface area (Å²) in [4.78, 5) is 6.11. The number of aryl methyl sites for hydroxylation is 2. The maximum atomic E-state index is 5.19. The van der Waals surface area contributed by atoms with Crippen molar-refractivity contribution < 1.29 is 4.74 Å². The van der Waals surface area contributed by atoms with Gasteiger partial charge in [-0.25, -0.2) is 0 Å². The first-order valence-corrected chi connectivity index (χ1v) is 7.93. The molecule has 1 aliphatic rings. The maximum Gasteiger partial charge on any atom is 0.185 e. The van der Waals surface area contributed by atoms with E-state index in [4.69, 9.17) is 9.73 Å². The summed E-state index contributed by atoms with van der Waals surface area (Å²) in [5, 5.41) is 2.18. The smallest absolute Gasteiger partial charge is 0.185 e. The highest BCUT2D eigenvalue weighted by Gasteiger charge is 2.21. The van der Waals surface area contributed by atoms with E-state index >= 15 is 0 Å². The fraction of sp³-hybridized carbons (Fsp3) is 0.438. The number of ether oxygens (including phenoxy) is 1. The van der Waals surface area contributed by atoms with Crippen molar-refractivity contribution in [2.75, 3.05) is 13.7 Å². The van der Waals surface area contributed by atoms with Gasteiger partial charge in [-0.3, -0.25) is 4.99 Å². The Morgan fingerprint density at radius 1 is 1.40 bits per heavy atom. The van der Waals surface area contributed by atoms with Gasteiger partial charge in [0.1, 0.15) is 0 Å². The number of benzene rings is 1. The predicted molar refractivity (Wildman–Crippen MR) is 82.0 cm³/mol. The SMILES string of the molecule is COCCn1c(C)csc1=NC1CCc2ccccc21. The summed E-state index contributed by atoms with van der Waals surface area (Å²) in [5.74, 6) is 0. The van der Waals surface area contributed by atoms with E-state index in [1.165, 1.54) is 16.8 Å². The van der Waals surface area contributed by atoms with Gasteiger partial charge in [-0.1, -0.05) is 24.3 Å². The molecule has 0 bridgehead atoms. The van der Waals surface area contributed by atoms with Crippen LogP contribution in [0, 0.1) is 6.92 Å². The third-order valence-electron chi connectivity index (χ3n) is 3.88. The Morgan fingerprint density at radius 3 is 3.10 bits per heavy atom. The Morgan fingerprint density at radius 2 is 2.25 bits per heavy atom. The first-order chi connectivity index (χ1) is 9.79. The van der Waals surface area contributed by atoms with Crippen LogP contribution in [0.4, 0.5) is 0 Å².